The molecule has 0 spiro atoms. The summed E-state index contributed by atoms with van der Waals surface area (Å²) in [6.07, 6.45) is 1.04. The van der Waals surface area contributed by atoms with Gasteiger partial charge in [-0.2, -0.15) is 0 Å². The fourth-order valence-electron chi connectivity index (χ4n) is 3.30. The van der Waals surface area contributed by atoms with Crippen LogP contribution in [-0.2, 0) is 13.0 Å². The number of fused-ring (bicyclic) bond motifs is 1. The third-order valence-corrected chi connectivity index (χ3v) is 4.62. The minimum atomic E-state index is 0.987. The van der Waals surface area contributed by atoms with E-state index >= 15 is 0 Å². The number of benzene rings is 3. The van der Waals surface area contributed by atoms with Gasteiger partial charge in [-0.05, 0) is 36.6 Å². The number of para-hydroxylation sites is 1. The maximum absolute atomic E-state index is 2.45. The van der Waals surface area contributed by atoms with E-state index in [1.54, 1.807) is 0 Å². The molecule has 24 heavy (non-hydrogen) atoms. The van der Waals surface area contributed by atoms with Crippen LogP contribution in [0.1, 0.15) is 11.1 Å². The highest BCUT2D eigenvalue weighted by Crippen LogP contribution is 2.28. The molecule has 118 valence electrons. The minimum absolute atomic E-state index is 0.987. The Morgan fingerprint density at radius 1 is 0.750 bits per heavy atom. The van der Waals surface area contributed by atoms with Gasteiger partial charge < -0.3 is 4.57 Å². The first-order valence-electron chi connectivity index (χ1n) is 8.50. The summed E-state index contributed by atoms with van der Waals surface area (Å²) in [5.41, 5.74) is 6.58. The molecule has 0 aliphatic heterocycles. The average Bonchev–Trinajstić information content (AvgIpc) is 3.01. The van der Waals surface area contributed by atoms with Crippen molar-refractivity contribution >= 4 is 10.9 Å². The van der Waals surface area contributed by atoms with E-state index in [9.17, 15) is 0 Å². The summed E-state index contributed by atoms with van der Waals surface area (Å²) in [4.78, 5) is 0. The fourth-order valence-corrected chi connectivity index (χ4v) is 3.30. The van der Waals surface area contributed by atoms with Gasteiger partial charge in [0, 0.05) is 23.1 Å². The van der Waals surface area contributed by atoms with Crippen molar-refractivity contribution in [3.05, 3.63) is 96.1 Å². The SMILES string of the molecule is Cc1ccc(CCn2c(-c3ccccc3)cc3ccccc32)cc1. The van der Waals surface area contributed by atoms with E-state index in [-0.39, 0.29) is 0 Å². The Kier molecular flexibility index (Phi) is 3.92. The van der Waals surface area contributed by atoms with E-state index in [4.69, 9.17) is 0 Å². The van der Waals surface area contributed by atoms with Crippen molar-refractivity contribution in [1.29, 1.82) is 0 Å². The number of aromatic nitrogens is 1. The normalized spacial score (nSPS) is 11.0. The number of nitrogens with zero attached hydrogens (tertiary/aromatic N) is 1. The molecule has 0 saturated carbocycles. The monoisotopic (exact) mass is 311 g/mol. The van der Waals surface area contributed by atoms with Gasteiger partial charge in [-0.1, -0.05) is 78.4 Å². The maximum Gasteiger partial charge on any atom is 0.0491 e. The number of hydrogen-bond donors (Lipinski definition) is 0. The van der Waals surface area contributed by atoms with Gasteiger partial charge in [0.05, 0.1) is 0 Å². The first-order valence-corrected chi connectivity index (χ1v) is 8.50. The van der Waals surface area contributed by atoms with Gasteiger partial charge >= 0.3 is 0 Å². The third-order valence-electron chi connectivity index (χ3n) is 4.62. The highest BCUT2D eigenvalue weighted by Gasteiger charge is 2.10. The molecule has 0 amide bonds. The van der Waals surface area contributed by atoms with Crippen LogP contribution >= 0.6 is 0 Å². The van der Waals surface area contributed by atoms with Crippen molar-refractivity contribution < 1.29 is 0 Å². The van der Waals surface area contributed by atoms with E-state index in [1.807, 2.05) is 0 Å². The molecular weight excluding hydrogens is 290 g/mol. The van der Waals surface area contributed by atoms with E-state index in [0.29, 0.717) is 0 Å². The number of rotatable bonds is 4. The van der Waals surface area contributed by atoms with Crippen molar-refractivity contribution in [2.75, 3.05) is 0 Å². The van der Waals surface area contributed by atoms with Gasteiger partial charge in [-0.25, -0.2) is 0 Å². The molecule has 0 radical (unpaired) electrons. The third kappa shape index (κ3) is 2.85. The Morgan fingerprint density at radius 3 is 2.25 bits per heavy atom. The summed E-state index contributed by atoms with van der Waals surface area (Å²) in [6, 6.07) is 30.5. The molecule has 3 aromatic carbocycles. The predicted octanol–water partition coefficient (Wildman–Crippen LogP) is 5.86. The molecular formula is C23H21N. The largest absolute Gasteiger partial charge is 0.340 e. The van der Waals surface area contributed by atoms with Gasteiger partial charge in [-0.15, -0.1) is 0 Å². The number of aryl methyl sites for hydroxylation is 3. The molecule has 1 aromatic heterocycles. The Morgan fingerprint density at radius 2 is 1.46 bits per heavy atom. The van der Waals surface area contributed by atoms with Crippen LogP contribution in [0, 0.1) is 6.92 Å². The van der Waals surface area contributed by atoms with E-state index < -0.39 is 0 Å². The minimum Gasteiger partial charge on any atom is -0.340 e. The molecule has 4 aromatic rings. The van der Waals surface area contributed by atoms with Crippen molar-refractivity contribution in [3.8, 4) is 11.3 Å². The molecule has 0 aliphatic rings. The van der Waals surface area contributed by atoms with Gasteiger partial charge in [0.25, 0.3) is 0 Å². The molecule has 1 heterocycles. The Hall–Kier alpha value is -2.80. The maximum atomic E-state index is 2.45. The fraction of sp³-hybridized carbons (Fsp3) is 0.130. The van der Waals surface area contributed by atoms with Crippen LogP contribution in [0.25, 0.3) is 22.2 Å². The van der Waals surface area contributed by atoms with Crippen molar-refractivity contribution in [3.63, 3.8) is 0 Å². The van der Waals surface area contributed by atoms with Gasteiger partial charge in [0.15, 0.2) is 0 Å². The van der Waals surface area contributed by atoms with Crippen LogP contribution in [0.4, 0.5) is 0 Å². The summed E-state index contributed by atoms with van der Waals surface area (Å²) >= 11 is 0. The van der Waals surface area contributed by atoms with E-state index in [1.165, 1.54) is 33.3 Å². The Labute approximate surface area is 143 Å². The van der Waals surface area contributed by atoms with Crippen LogP contribution in [0.2, 0.25) is 0 Å². The molecule has 0 fully saturated rings. The Bertz CT molecular complexity index is 946. The molecule has 0 saturated heterocycles. The first kappa shape index (κ1) is 14.8. The average molecular weight is 311 g/mol. The number of hydrogen-bond acceptors (Lipinski definition) is 0. The zero-order valence-electron chi connectivity index (χ0n) is 13.9. The first-order chi connectivity index (χ1) is 11.8. The van der Waals surface area contributed by atoms with Crippen LogP contribution in [-0.4, -0.2) is 4.57 Å². The van der Waals surface area contributed by atoms with Gasteiger partial charge in [-0.3, -0.25) is 0 Å². The molecule has 1 nitrogen and oxygen atoms in total. The van der Waals surface area contributed by atoms with E-state index in [0.717, 1.165) is 13.0 Å². The van der Waals surface area contributed by atoms with Crippen molar-refractivity contribution in [2.24, 2.45) is 0 Å². The zero-order chi connectivity index (χ0) is 16.4. The Balaban J connectivity index is 1.74. The molecule has 0 unspecified atom stereocenters. The lowest BCUT2D eigenvalue weighted by atomic mass is 10.1. The summed E-state index contributed by atoms with van der Waals surface area (Å²) in [6.45, 7) is 3.12. The predicted molar refractivity (Wildman–Crippen MR) is 102 cm³/mol. The zero-order valence-corrected chi connectivity index (χ0v) is 13.9. The van der Waals surface area contributed by atoms with Crippen molar-refractivity contribution in [2.45, 2.75) is 19.9 Å². The highest BCUT2D eigenvalue weighted by atomic mass is 15.0. The molecule has 4 rings (SSSR count). The standard InChI is InChI=1S/C23H21N/c1-18-11-13-19(14-12-18)15-16-24-22-10-6-5-9-21(22)17-23(24)20-7-3-2-4-8-20/h2-14,17H,15-16H2,1H3. The smallest absolute Gasteiger partial charge is 0.0491 e. The lowest BCUT2D eigenvalue weighted by Gasteiger charge is -2.11. The highest BCUT2D eigenvalue weighted by molar-refractivity contribution is 5.87. The van der Waals surface area contributed by atoms with E-state index in [2.05, 4.69) is 96.4 Å². The molecule has 0 aliphatic carbocycles. The second kappa shape index (κ2) is 6.37. The van der Waals surface area contributed by atoms with Crippen LogP contribution in [0.15, 0.2) is 84.9 Å². The topological polar surface area (TPSA) is 4.93 Å². The van der Waals surface area contributed by atoms with Crippen molar-refractivity contribution in [1.82, 2.24) is 4.57 Å². The lowest BCUT2D eigenvalue weighted by molar-refractivity contribution is 0.729. The van der Waals surface area contributed by atoms with Crippen LogP contribution < -0.4 is 0 Å². The molecule has 0 N–H and O–H groups in total. The second-order valence-corrected chi connectivity index (χ2v) is 6.34. The molecule has 1 heteroatoms. The summed E-state index contributed by atoms with van der Waals surface area (Å²) in [7, 11) is 0. The quantitative estimate of drug-likeness (QED) is 0.445. The van der Waals surface area contributed by atoms with Gasteiger partial charge in [0.1, 0.15) is 0 Å². The molecule has 0 atom stereocenters. The summed E-state index contributed by atoms with van der Waals surface area (Å²) < 4.78 is 2.45. The summed E-state index contributed by atoms with van der Waals surface area (Å²) in [5.74, 6) is 0. The summed E-state index contributed by atoms with van der Waals surface area (Å²) in [5, 5.41) is 1.31. The molecule has 0 bridgehead atoms. The second-order valence-electron chi connectivity index (χ2n) is 6.34. The van der Waals surface area contributed by atoms with Gasteiger partial charge in [0.2, 0.25) is 0 Å². The van der Waals surface area contributed by atoms with Crippen LogP contribution in [0.3, 0.4) is 0 Å². The van der Waals surface area contributed by atoms with Crippen LogP contribution in [0.5, 0.6) is 0 Å². The lowest BCUT2D eigenvalue weighted by Crippen LogP contribution is -2.03.